The summed E-state index contributed by atoms with van der Waals surface area (Å²) < 4.78 is 23.8. The Bertz CT molecular complexity index is 775. The van der Waals surface area contributed by atoms with Crippen LogP contribution in [0.4, 0.5) is 10.1 Å². The fourth-order valence-corrected chi connectivity index (χ4v) is 2.18. The molecule has 0 bridgehead atoms. The van der Waals surface area contributed by atoms with Gasteiger partial charge in [0.05, 0.1) is 11.4 Å². The molecule has 0 aliphatic carbocycles. The van der Waals surface area contributed by atoms with Gasteiger partial charge in [-0.2, -0.15) is 0 Å². The summed E-state index contributed by atoms with van der Waals surface area (Å²) in [5, 5.41) is 6.31. The molecule has 1 aromatic heterocycles. The minimum atomic E-state index is -1.13. The first-order chi connectivity index (χ1) is 11.3. The second kappa shape index (κ2) is 7.44. The van der Waals surface area contributed by atoms with Crippen LogP contribution in [0, 0.1) is 12.7 Å². The highest BCUT2D eigenvalue weighted by atomic mass is 35.5. The van der Waals surface area contributed by atoms with E-state index in [-0.39, 0.29) is 16.3 Å². The fraction of sp³-hybridized carbons (Fsp3) is 0.312. The number of ether oxygens (including phenoxy) is 1. The van der Waals surface area contributed by atoms with E-state index in [0.29, 0.717) is 17.9 Å². The number of hydrogen-bond acceptors (Lipinski definition) is 5. The molecule has 24 heavy (non-hydrogen) atoms. The number of nitrogens with zero attached hydrogens (tertiary/aromatic N) is 1. The minimum absolute atomic E-state index is 0.0531. The number of benzene rings is 1. The summed E-state index contributed by atoms with van der Waals surface area (Å²) in [4.78, 5) is 24.3. The number of halogens is 2. The maximum absolute atomic E-state index is 13.7. The number of hydrogen-bond donors (Lipinski definition) is 1. The zero-order valence-corrected chi connectivity index (χ0v) is 14.1. The fourth-order valence-electron chi connectivity index (χ4n) is 2.02. The molecular weight excluding hydrogens is 339 g/mol. The van der Waals surface area contributed by atoms with Gasteiger partial charge in [-0.05, 0) is 38.5 Å². The van der Waals surface area contributed by atoms with Crippen molar-refractivity contribution in [1.29, 1.82) is 0 Å². The lowest BCUT2D eigenvalue weighted by Crippen LogP contribution is -2.30. The van der Waals surface area contributed by atoms with E-state index in [1.165, 1.54) is 19.1 Å². The number of aryl methyl sites for hydroxylation is 2. The number of anilines is 1. The number of carbonyl (C=O) groups excluding carboxylic acids is 2. The molecule has 1 atom stereocenters. The topological polar surface area (TPSA) is 81.4 Å². The zero-order chi connectivity index (χ0) is 17.9. The van der Waals surface area contributed by atoms with Crippen molar-refractivity contribution in [3.63, 3.8) is 0 Å². The van der Waals surface area contributed by atoms with E-state index >= 15 is 0 Å². The molecule has 0 saturated carbocycles. The van der Waals surface area contributed by atoms with Gasteiger partial charge in [0.25, 0.3) is 5.91 Å². The van der Waals surface area contributed by atoms with Crippen LogP contribution in [0.15, 0.2) is 22.7 Å². The van der Waals surface area contributed by atoms with Crippen molar-refractivity contribution in [1.82, 2.24) is 5.16 Å². The van der Waals surface area contributed by atoms with E-state index in [1.54, 1.807) is 6.92 Å². The summed E-state index contributed by atoms with van der Waals surface area (Å²) in [6.45, 7) is 4.78. The Morgan fingerprint density at radius 2 is 2.17 bits per heavy atom. The molecule has 2 rings (SSSR count). The van der Waals surface area contributed by atoms with Crippen molar-refractivity contribution in [3.05, 3.63) is 46.1 Å². The van der Waals surface area contributed by atoms with Crippen molar-refractivity contribution in [2.75, 3.05) is 5.32 Å². The first-order valence-electron chi connectivity index (χ1n) is 7.25. The van der Waals surface area contributed by atoms with Crippen molar-refractivity contribution >= 4 is 29.2 Å². The normalized spacial score (nSPS) is 11.9. The summed E-state index contributed by atoms with van der Waals surface area (Å²) in [6, 6.07) is 3.83. The Morgan fingerprint density at radius 1 is 1.46 bits per heavy atom. The number of rotatable bonds is 5. The van der Waals surface area contributed by atoms with Gasteiger partial charge in [0.2, 0.25) is 0 Å². The Morgan fingerprint density at radius 3 is 2.79 bits per heavy atom. The number of aromatic nitrogens is 1. The monoisotopic (exact) mass is 354 g/mol. The molecule has 1 amide bonds. The van der Waals surface area contributed by atoms with Crippen LogP contribution in [-0.4, -0.2) is 23.1 Å². The lowest BCUT2D eigenvalue weighted by molar-refractivity contribution is -0.123. The molecule has 0 radical (unpaired) electrons. The van der Waals surface area contributed by atoms with Crippen LogP contribution in [0.5, 0.6) is 0 Å². The molecule has 128 valence electrons. The summed E-state index contributed by atoms with van der Waals surface area (Å²) in [7, 11) is 0. The standard InChI is InChI=1S/C16H16ClFN2O4/c1-4-12-14(8(2)24-20-12)16(22)23-9(3)15(21)19-13-6-5-10(17)7-11(13)18/h5-7,9H,4H2,1-3H3,(H,19,21)/t9-/m0/s1. The molecular formula is C16H16ClFN2O4. The van der Waals surface area contributed by atoms with E-state index < -0.39 is 23.8 Å². The van der Waals surface area contributed by atoms with Crippen molar-refractivity contribution in [2.24, 2.45) is 0 Å². The first-order valence-corrected chi connectivity index (χ1v) is 7.63. The average Bonchev–Trinajstić information content (AvgIpc) is 2.90. The molecule has 0 fully saturated rings. The van der Waals surface area contributed by atoms with Crippen LogP contribution in [-0.2, 0) is 16.0 Å². The molecule has 0 saturated heterocycles. The highest BCUT2D eigenvalue weighted by Crippen LogP contribution is 2.20. The predicted octanol–water partition coefficient (Wildman–Crippen LogP) is 3.52. The molecule has 1 aromatic carbocycles. The number of amides is 1. The molecule has 0 unspecified atom stereocenters. The Labute approximate surface area is 142 Å². The molecule has 8 heteroatoms. The Balaban J connectivity index is 2.06. The van der Waals surface area contributed by atoms with Crippen LogP contribution in [0.1, 0.15) is 35.7 Å². The third-order valence-electron chi connectivity index (χ3n) is 3.31. The van der Waals surface area contributed by atoms with Crippen molar-refractivity contribution < 1.29 is 23.2 Å². The summed E-state index contributed by atoms with van der Waals surface area (Å²) in [6.07, 6.45) is -0.648. The van der Waals surface area contributed by atoms with Gasteiger partial charge in [-0.3, -0.25) is 4.79 Å². The quantitative estimate of drug-likeness (QED) is 0.831. The van der Waals surface area contributed by atoms with E-state index in [1.807, 2.05) is 6.92 Å². The van der Waals surface area contributed by atoms with Crippen LogP contribution in [0.3, 0.4) is 0 Å². The third kappa shape index (κ3) is 3.91. The van der Waals surface area contributed by atoms with Gasteiger partial charge < -0.3 is 14.6 Å². The molecule has 2 aromatic rings. The first kappa shape index (κ1) is 17.9. The van der Waals surface area contributed by atoms with Crippen LogP contribution in [0.25, 0.3) is 0 Å². The zero-order valence-electron chi connectivity index (χ0n) is 13.4. The molecule has 0 aliphatic rings. The SMILES string of the molecule is CCc1noc(C)c1C(=O)O[C@@H](C)C(=O)Nc1ccc(Cl)cc1F. The summed E-state index contributed by atoms with van der Waals surface area (Å²) >= 11 is 5.65. The van der Waals surface area contributed by atoms with Crippen LogP contribution in [0.2, 0.25) is 5.02 Å². The van der Waals surface area contributed by atoms with Crippen LogP contribution >= 0.6 is 11.6 Å². The van der Waals surface area contributed by atoms with Crippen LogP contribution < -0.4 is 5.32 Å². The molecule has 1 heterocycles. The molecule has 1 N–H and O–H groups in total. The summed E-state index contributed by atoms with van der Waals surface area (Å²) in [5.41, 5.74) is 0.603. The Kier molecular flexibility index (Phi) is 5.56. The molecule has 0 spiro atoms. The number of nitrogens with one attached hydrogen (secondary N) is 1. The van der Waals surface area contributed by atoms with Gasteiger partial charge in [0.1, 0.15) is 17.1 Å². The second-order valence-corrected chi connectivity index (χ2v) is 5.51. The van der Waals surface area contributed by atoms with Gasteiger partial charge in [-0.15, -0.1) is 0 Å². The van der Waals surface area contributed by atoms with E-state index in [2.05, 4.69) is 10.5 Å². The van der Waals surface area contributed by atoms with Gasteiger partial charge in [-0.1, -0.05) is 23.7 Å². The number of carbonyl (C=O) groups is 2. The third-order valence-corrected chi connectivity index (χ3v) is 3.55. The maximum atomic E-state index is 13.7. The highest BCUT2D eigenvalue weighted by Gasteiger charge is 2.25. The lowest BCUT2D eigenvalue weighted by Gasteiger charge is -2.14. The van der Waals surface area contributed by atoms with Crippen molar-refractivity contribution in [2.45, 2.75) is 33.3 Å². The Hall–Kier alpha value is -2.41. The number of esters is 1. The second-order valence-electron chi connectivity index (χ2n) is 5.07. The van der Waals surface area contributed by atoms with E-state index in [4.69, 9.17) is 20.9 Å². The largest absolute Gasteiger partial charge is 0.449 e. The molecule has 6 nitrogen and oxygen atoms in total. The van der Waals surface area contributed by atoms with Gasteiger partial charge in [-0.25, -0.2) is 9.18 Å². The van der Waals surface area contributed by atoms with Gasteiger partial charge in [0, 0.05) is 5.02 Å². The van der Waals surface area contributed by atoms with E-state index in [9.17, 15) is 14.0 Å². The average molecular weight is 355 g/mol. The van der Waals surface area contributed by atoms with Gasteiger partial charge in [0.15, 0.2) is 6.10 Å². The smallest absolute Gasteiger partial charge is 0.344 e. The molecule has 0 aliphatic heterocycles. The van der Waals surface area contributed by atoms with Crippen molar-refractivity contribution in [3.8, 4) is 0 Å². The summed E-state index contributed by atoms with van der Waals surface area (Å²) in [5.74, 6) is -1.76. The highest BCUT2D eigenvalue weighted by molar-refractivity contribution is 6.30. The van der Waals surface area contributed by atoms with E-state index in [0.717, 1.165) is 6.07 Å². The lowest BCUT2D eigenvalue weighted by atomic mass is 10.1. The van der Waals surface area contributed by atoms with Gasteiger partial charge >= 0.3 is 5.97 Å². The predicted molar refractivity (Wildman–Crippen MR) is 85.5 cm³/mol. The maximum Gasteiger partial charge on any atom is 0.344 e. The minimum Gasteiger partial charge on any atom is -0.449 e.